The highest BCUT2D eigenvalue weighted by atomic mass is 16.3. The Labute approximate surface area is 160 Å². The Bertz CT molecular complexity index is 787. The van der Waals surface area contributed by atoms with Crippen molar-refractivity contribution in [2.24, 2.45) is 5.73 Å². The second-order valence-corrected chi connectivity index (χ2v) is 6.51. The van der Waals surface area contributed by atoms with Gasteiger partial charge < -0.3 is 21.3 Å². The fourth-order valence-electron chi connectivity index (χ4n) is 3.02. The van der Waals surface area contributed by atoms with Crippen LogP contribution in [0.2, 0.25) is 0 Å². The van der Waals surface area contributed by atoms with Crippen LogP contribution in [-0.2, 0) is 17.9 Å². The van der Waals surface area contributed by atoms with Crippen molar-refractivity contribution in [3.05, 3.63) is 70.8 Å². The maximum absolute atomic E-state index is 12.0. The standard InChI is InChI=1S/C22H28N2O3/c1-2-18(19-5-3-4-17(13-19)14-23)10-11-24-22(27)9-7-16-6-8-21(26)20(12-16)15-25/h3-9,12-13,18,25-26H,2,10-11,14-15,23H2,1H3,(H,24,27)/b9-7+. The highest BCUT2D eigenvalue weighted by Gasteiger charge is 2.10. The number of aromatic hydroxyl groups is 1. The van der Waals surface area contributed by atoms with Gasteiger partial charge in [-0.25, -0.2) is 0 Å². The normalized spacial score (nSPS) is 12.3. The maximum Gasteiger partial charge on any atom is 0.243 e. The van der Waals surface area contributed by atoms with Crippen LogP contribution in [0.25, 0.3) is 6.08 Å². The lowest BCUT2D eigenvalue weighted by atomic mass is 9.92. The van der Waals surface area contributed by atoms with Crippen molar-refractivity contribution in [3.8, 4) is 5.75 Å². The number of hydrogen-bond donors (Lipinski definition) is 4. The van der Waals surface area contributed by atoms with Gasteiger partial charge in [0.1, 0.15) is 5.75 Å². The van der Waals surface area contributed by atoms with Crippen molar-refractivity contribution in [3.63, 3.8) is 0 Å². The number of phenols is 1. The van der Waals surface area contributed by atoms with E-state index in [0.717, 1.165) is 24.0 Å². The molecule has 5 nitrogen and oxygen atoms in total. The molecule has 5 heteroatoms. The molecular formula is C22H28N2O3. The third-order valence-electron chi connectivity index (χ3n) is 4.64. The number of benzene rings is 2. The summed E-state index contributed by atoms with van der Waals surface area (Å²) in [6.07, 6.45) is 4.98. The van der Waals surface area contributed by atoms with Gasteiger partial charge >= 0.3 is 0 Å². The predicted octanol–water partition coefficient (Wildman–Crippen LogP) is 3.06. The molecule has 0 aliphatic heterocycles. The maximum atomic E-state index is 12.0. The highest BCUT2D eigenvalue weighted by Crippen LogP contribution is 2.23. The second-order valence-electron chi connectivity index (χ2n) is 6.51. The highest BCUT2D eigenvalue weighted by molar-refractivity contribution is 5.91. The van der Waals surface area contributed by atoms with Crippen LogP contribution in [0.4, 0.5) is 0 Å². The van der Waals surface area contributed by atoms with E-state index in [0.29, 0.717) is 24.6 Å². The van der Waals surface area contributed by atoms with Gasteiger partial charge in [-0.05, 0) is 53.7 Å². The van der Waals surface area contributed by atoms with E-state index in [4.69, 9.17) is 10.8 Å². The minimum Gasteiger partial charge on any atom is -0.508 e. The summed E-state index contributed by atoms with van der Waals surface area (Å²) in [7, 11) is 0. The summed E-state index contributed by atoms with van der Waals surface area (Å²) in [5.41, 5.74) is 9.27. The van der Waals surface area contributed by atoms with Crippen LogP contribution < -0.4 is 11.1 Å². The smallest absolute Gasteiger partial charge is 0.243 e. The third kappa shape index (κ3) is 6.24. The van der Waals surface area contributed by atoms with Crippen LogP contribution in [0.5, 0.6) is 5.75 Å². The summed E-state index contributed by atoms with van der Waals surface area (Å²) in [5, 5.41) is 21.6. The van der Waals surface area contributed by atoms with Crippen molar-refractivity contribution in [1.82, 2.24) is 5.32 Å². The average Bonchev–Trinajstić information content (AvgIpc) is 2.70. The molecule has 27 heavy (non-hydrogen) atoms. The monoisotopic (exact) mass is 368 g/mol. The molecule has 2 aromatic carbocycles. The first-order valence-electron chi connectivity index (χ1n) is 9.25. The van der Waals surface area contributed by atoms with Crippen molar-refractivity contribution in [2.45, 2.75) is 38.8 Å². The van der Waals surface area contributed by atoms with Crippen LogP contribution in [0.15, 0.2) is 48.5 Å². The quantitative estimate of drug-likeness (QED) is 0.512. The second kappa shape index (κ2) is 10.5. The zero-order chi connectivity index (χ0) is 19.6. The van der Waals surface area contributed by atoms with Crippen LogP contribution in [-0.4, -0.2) is 22.7 Å². The SMILES string of the molecule is CCC(CCNC(=O)/C=C/c1ccc(O)c(CO)c1)c1cccc(CN)c1. The Morgan fingerprint density at radius 3 is 2.78 bits per heavy atom. The zero-order valence-corrected chi connectivity index (χ0v) is 15.7. The van der Waals surface area contributed by atoms with Crippen molar-refractivity contribution < 1.29 is 15.0 Å². The Hall–Kier alpha value is -2.63. The number of hydrogen-bond acceptors (Lipinski definition) is 4. The molecule has 1 amide bonds. The molecule has 5 N–H and O–H groups in total. The van der Waals surface area contributed by atoms with Crippen LogP contribution >= 0.6 is 0 Å². The van der Waals surface area contributed by atoms with Gasteiger partial charge in [-0.15, -0.1) is 0 Å². The summed E-state index contributed by atoms with van der Waals surface area (Å²) in [6, 6.07) is 13.1. The van der Waals surface area contributed by atoms with Gasteiger partial charge in [-0.1, -0.05) is 37.3 Å². The average molecular weight is 368 g/mol. The summed E-state index contributed by atoms with van der Waals surface area (Å²) in [5.74, 6) is 0.257. The fraction of sp³-hybridized carbons (Fsp3) is 0.318. The molecule has 0 aromatic heterocycles. The summed E-state index contributed by atoms with van der Waals surface area (Å²) < 4.78 is 0. The Morgan fingerprint density at radius 1 is 1.26 bits per heavy atom. The first kappa shape index (κ1) is 20.7. The third-order valence-corrected chi connectivity index (χ3v) is 4.64. The van der Waals surface area contributed by atoms with Crippen LogP contribution in [0.1, 0.15) is 47.9 Å². The lowest BCUT2D eigenvalue weighted by Gasteiger charge is -2.16. The Balaban J connectivity index is 1.87. The van der Waals surface area contributed by atoms with Gasteiger partial charge in [0.15, 0.2) is 0 Å². The number of aliphatic hydroxyl groups is 1. The molecule has 0 aliphatic rings. The van der Waals surface area contributed by atoms with Crippen molar-refractivity contribution in [1.29, 1.82) is 0 Å². The molecule has 2 aromatic rings. The van der Waals surface area contributed by atoms with Crippen LogP contribution in [0, 0.1) is 0 Å². The molecule has 0 radical (unpaired) electrons. The summed E-state index contributed by atoms with van der Waals surface area (Å²) >= 11 is 0. The summed E-state index contributed by atoms with van der Waals surface area (Å²) in [4.78, 5) is 12.0. The van der Waals surface area contributed by atoms with Gasteiger partial charge in [0.2, 0.25) is 5.91 Å². The molecule has 1 unspecified atom stereocenters. The van der Waals surface area contributed by atoms with E-state index >= 15 is 0 Å². The first-order chi connectivity index (χ1) is 13.1. The number of nitrogens with two attached hydrogens (primary N) is 1. The zero-order valence-electron chi connectivity index (χ0n) is 15.7. The lowest BCUT2D eigenvalue weighted by Crippen LogP contribution is -2.23. The molecule has 0 saturated heterocycles. The van der Waals surface area contributed by atoms with E-state index in [1.165, 1.54) is 17.7 Å². The fourth-order valence-corrected chi connectivity index (χ4v) is 3.02. The molecule has 2 rings (SSSR count). The number of carbonyl (C=O) groups is 1. The van der Waals surface area contributed by atoms with E-state index in [2.05, 4.69) is 24.4 Å². The predicted molar refractivity (Wildman–Crippen MR) is 108 cm³/mol. The molecule has 144 valence electrons. The van der Waals surface area contributed by atoms with Crippen LogP contribution in [0.3, 0.4) is 0 Å². The Morgan fingerprint density at radius 2 is 2.07 bits per heavy atom. The van der Waals surface area contributed by atoms with Gasteiger partial charge in [0, 0.05) is 24.7 Å². The molecule has 0 heterocycles. The molecule has 0 spiro atoms. The minimum absolute atomic E-state index is 0.0448. The van der Waals surface area contributed by atoms with Gasteiger partial charge in [0.05, 0.1) is 6.61 Å². The van der Waals surface area contributed by atoms with Crippen molar-refractivity contribution in [2.75, 3.05) is 6.54 Å². The number of carbonyl (C=O) groups excluding carboxylic acids is 1. The number of amides is 1. The molecule has 0 aliphatic carbocycles. The first-order valence-corrected chi connectivity index (χ1v) is 9.25. The largest absolute Gasteiger partial charge is 0.508 e. The molecule has 0 saturated carbocycles. The molecule has 0 bridgehead atoms. The molecule has 1 atom stereocenters. The molecule has 0 fully saturated rings. The van der Waals surface area contributed by atoms with Gasteiger partial charge in [-0.2, -0.15) is 0 Å². The van der Waals surface area contributed by atoms with E-state index in [9.17, 15) is 9.90 Å². The molecular weight excluding hydrogens is 340 g/mol. The topological polar surface area (TPSA) is 95.6 Å². The van der Waals surface area contributed by atoms with Gasteiger partial charge in [-0.3, -0.25) is 4.79 Å². The van der Waals surface area contributed by atoms with Crippen molar-refractivity contribution >= 4 is 12.0 Å². The number of aliphatic hydroxyl groups excluding tert-OH is 1. The minimum atomic E-state index is -0.247. The lowest BCUT2D eigenvalue weighted by molar-refractivity contribution is -0.116. The van der Waals surface area contributed by atoms with Gasteiger partial charge in [0.25, 0.3) is 0 Å². The number of rotatable bonds is 9. The van der Waals surface area contributed by atoms with E-state index in [-0.39, 0.29) is 18.3 Å². The van der Waals surface area contributed by atoms with E-state index in [1.54, 1.807) is 18.2 Å². The number of nitrogens with one attached hydrogen (secondary N) is 1. The van der Waals surface area contributed by atoms with E-state index < -0.39 is 0 Å². The Kier molecular flexibility index (Phi) is 8.04. The van der Waals surface area contributed by atoms with E-state index in [1.807, 2.05) is 12.1 Å². The summed E-state index contributed by atoms with van der Waals surface area (Å²) in [6.45, 7) is 3.02.